The van der Waals surface area contributed by atoms with Gasteiger partial charge in [0.05, 0.1) is 27.9 Å². The molecule has 0 saturated heterocycles. The smallest absolute Gasteiger partial charge is 0.184 e. The number of rotatable bonds is 6. The summed E-state index contributed by atoms with van der Waals surface area (Å²) >= 11 is 13.3. The van der Waals surface area contributed by atoms with Crippen LogP contribution in [0.2, 0.25) is 10.0 Å². The van der Waals surface area contributed by atoms with Crippen LogP contribution in [0.3, 0.4) is 0 Å². The van der Waals surface area contributed by atoms with Gasteiger partial charge in [0.2, 0.25) is 0 Å². The molecule has 0 aliphatic heterocycles. The van der Waals surface area contributed by atoms with Gasteiger partial charge in [0, 0.05) is 5.56 Å². The van der Waals surface area contributed by atoms with E-state index < -0.39 is 0 Å². The summed E-state index contributed by atoms with van der Waals surface area (Å²) < 4.78 is 6.58. The van der Waals surface area contributed by atoms with E-state index in [2.05, 4.69) is 10.3 Å². The number of ketones is 1. The van der Waals surface area contributed by atoms with Crippen LogP contribution in [0.4, 0.5) is 5.13 Å². The molecule has 0 amide bonds. The number of thiazole rings is 1. The van der Waals surface area contributed by atoms with Gasteiger partial charge in [-0.2, -0.15) is 0 Å². The van der Waals surface area contributed by atoms with Crippen LogP contribution in [-0.2, 0) is 0 Å². The number of aromatic nitrogens is 1. The molecule has 4 nitrogen and oxygen atoms in total. The summed E-state index contributed by atoms with van der Waals surface area (Å²) in [6, 6.07) is 10.6. The first-order valence-electron chi connectivity index (χ1n) is 7.33. The molecular weight excluding hydrogens is 447 g/mol. The van der Waals surface area contributed by atoms with Crippen LogP contribution >= 0.6 is 51.5 Å². The summed E-state index contributed by atoms with van der Waals surface area (Å²) in [5.74, 6) is 0.660. The van der Waals surface area contributed by atoms with Crippen LogP contribution in [-0.4, -0.2) is 23.9 Å². The molecule has 25 heavy (non-hydrogen) atoms. The number of halogens is 3. The van der Waals surface area contributed by atoms with Crippen molar-refractivity contribution in [3.05, 3.63) is 52.0 Å². The molecule has 0 aliphatic rings. The molecular formula is C17H15BrCl2N2O2S. The standard InChI is InChI=1S/C17H14Cl2N2O2S.BrH/c1-2-23-14-4-3-5-15-16(14)21-17(24-15)20-9-13(22)10-6-7-11(18)12(19)8-10;/h3-8H,2,9H2,1H3,(H,20,21);1H. The Labute approximate surface area is 169 Å². The molecule has 0 bridgehead atoms. The quantitative estimate of drug-likeness (QED) is 0.466. The lowest BCUT2D eigenvalue weighted by atomic mass is 10.1. The lowest BCUT2D eigenvalue weighted by Gasteiger charge is -2.04. The molecule has 1 aromatic heterocycles. The van der Waals surface area contributed by atoms with Gasteiger partial charge in [-0.1, -0.05) is 40.6 Å². The van der Waals surface area contributed by atoms with Gasteiger partial charge in [0.15, 0.2) is 10.9 Å². The summed E-state index contributed by atoms with van der Waals surface area (Å²) in [5.41, 5.74) is 1.31. The van der Waals surface area contributed by atoms with Crippen molar-refractivity contribution in [2.45, 2.75) is 6.92 Å². The summed E-state index contributed by atoms with van der Waals surface area (Å²) in [5, 5.41) is 4.53. The van der Waals surface area contributed by atoms with E-state index in [4.69, 9.17) is 27.9 Å². The lowest BCUT2D eigenvalue weighted by molar-refractivity contribution is 0.101. The molecule has 1 heterocycles. The van der Waals surface area contributed by atoms with E-state index in [0.717, 1.165) is 16.0 Å². The first kappa shape index (κ1) is 20.0. The number of hydrogen-bond donors (Lipinski definition) is 1. The van der Waals surface area contributed by atoms with Crippen LogP contribution < -0.4 is 10.1 Å². The van der Waals surface area contributed by atoms with Crippen molar-refractivity contribution in [1.82, 2.24) is 4.98 Å². The Morgan fingerprint density at radius 1 is 1.24 bits per heavy atom. The predicted octanol–water partition coefficient (Wildman–Crippen LogP) is 5.87. The molecule has 0 radical (unpaired) electrons. The van der Waals surface area contributed by atoms with Gasteiger partial charge in [-0.25, -0.2) is 4.98 Å². The van der Waals surface area contributed by atoms with Crippen molar-refractivity contribution in [2.75, 3.05) is 18.5 Å². The Morgan fingerprint density at radius 2 is 2.04 bits per heavy atom. The lowest BCUT2D eigenvalue weighted by Crippen LogP contribution is -2.13. The largest absolute Gasteiger partial charge is 0.492 e. The summed E-state index contributed by atoms with van der Waals surface area (Å²) in [6.07, 6.45) is 0. The van der Waals surface area contributed by atoms with Gasteiger partial charge >= 0.3 is 0 Å². The molecule has 0 fully saturated rings. The van der Waals surface area contributed by atoms with Gasteiger partial charge < -0.3 is 10.1 Å². The summed E-state index contributed by atoms with van der Waals surface area (Å²) in [7, 11) is 0. The molecule has 1 N–H and O–H groups in total. The topological polar surface area (TPSA) is 51.2 Å². The van der Waals surface area contributed by atoms with Gasteiger partial charge in [0.25, 0.3) is 0 Å². The first-order valence-corrected chi connectivity index (χ1v) is 8.90. The van der Waals surface area contributed by atoms with Gasteiger partial charge in [-0.15, -0.1) is 17.0 Å². The number of benzene rings is 2. The van der Waals surface area contributed by atoms with Crippen LogP contribution in [0.5, 0.6) is 5.75 Å². The van der Waals surface area contributed by atoms with E-state index in [-0.39, 0.29) is 29.3 Å². The van der Waals surface area contributed by atoms with Crippen LogP contribution in [0.1, 0.15) is 17.3 Å². The maximum absolute atomic E-state index is 12.3. The highest BCUT2D eigenvalue weighted by Crippen LogP contribution is 2.32. The summed E-state index contributed by atoms with van der Waals surface area (Å²) in [4.78, 5) is 16.8. The normalized spacial score (nSPS) is 10.4. The SMILES string of the molecule is Br.CCOc1cccc2sc(NCC(=O)c3ccc(Cl)c(Cl)c3)nc12. The second kappa shape index (κ2) is 8.85. The Hall–Kier alpha value is -1.34. The molecule has 0 unspecified atom stereocenters. The van der Waals surface area contributed by atoms with Gasteiger partial charge in [0.1, 0.15) is 11.3 Å². The van der Waals surface area contributed by atoms with Crippen molar-refractivity contribution in [3.63, 3.8) is 0 Å². The zero-order valence-electron chi connectivity index (χ0n) is 13.2. The molecule has 3 rings (SSSR count). The third-order valence-corrected chi connectivity index (χ3v) is 5.04. The van der Waals surface area contributed by atoms with Gasteiger partial charge in [-0.3, -0.25) is 4.79 Å². The highest BCUT2D eigenvalue weighted by Gasteiger charge is 2.12. The number of anilines is 1. The minimum Gasteiger partial charge on any atom is -0.492 e. The first-order chi connectivity index (χ1) is 11.6. The molecule has 2 aromatic carbocycles. The Balaban J connectivity index is 0.00000225. The third-order valence-electron chi connectivity index (χ3n) is 3.32. The fourth-order valence-electron chi connectivity index (χ4n) is 2.20. The van der Waals surface area contributed by atoms with Crippen molar-refractivity contribution < 1.29 is 9.53 Å². The van der Waals surface area contributed by atoms with E-state index in [0.29, 0.717) is 27.3 Å². The number of nitrogens with one attached hydrogen (secondary N) is 1. The van der Waals surface area contributed by atoms with Gasteiger partial charge in [-0.05, 0) is 37.3 Å². The predicted molar refractivity (Wildman–Crippen MR) is 110 cm³/mol. The van der Waals surface area contributed by atoms with E-state index in [9.17, 15) is 4.79 Å². The molecule has 0 spiro atoms. The van der Waals surface area contributed by atoms with E-state index in [1.165, 1.54) is 11.3 Å². The number of carbonyl (C=O) groups excluding carboxylic acids is 1. The van der Waals surface area contributed by atoms with Crippen LogP contribution in [0.25, 0.3) is 10.2 Å². The van der Waals surface area contributed by atoms with Crippen molar-refractivity contribution in [1.29, 1.82) is 0 Å². The summed E-state index contributed by atoms with van der Waals surface area (Å²) in [6.45, 7) is 2.64. The number of carbonyl (C=O) groups is 1. The second-order valence-electron chi connectivity index (χ2n) is 4.96. The average molecular weight is 462 g/mol. The maximum Gasteiger partial charge on any atom is 0.184 e. The maximum atomic E-state index is 12.3. The van der Waals surface area contributed by atoms with Crippen LogP contribution in [0.15, 0.2) is 36.4 Å². The minimum absolute atomic E-state index is 0. The van der Waals surface area contributed by atoms with Crippen molar-refractivity contribution >= 4 is 72.7 Å². The fraction of sp³-hybridized carbons (Fsp3) is 0.176. The Kier molecular flexibility index (Phi) is 7.07. The molecule has 0 aliphatic carbocycles. The zero-order chi connectivity index (χ0) is 17.1. The molecule has 0 atom stereocenters. The van der Waals surface area contributed by atoms with E-state index in [1.54, 1.807) is 18.2 Å². The number of ether oxygens (including phenoxy) is 1. The second-order valence-corrected chi connectivity index (χ2v) is 6.81. The molecule has 8 heteroatoms. The third kappa shape index (κ3) is 4.64. The molecule has 0 saturated carbocycles. The fourth-order valence-corrected chi connectivity index (χ4v) is 3.38. The Morgan fingerprint density at radius 3 is 2.76 bits per heavy atom. The number of para-hydroxylation sites is 1. The number of Topliss-reactive ketones (excluding diaryl/α,β-unsaturated/α-hetero) is 1. The van der Waals surface area contributed by atoms with E-state index in [1.807, 2.05) is 25.1 Å². The number of fused-ring (bicyclic) bond motifs is 1. The molecule has 132 valence electrons. The highest BCUT2D eigenvalue weighted by atomic mass is 79.9. The van der Waals surface area contributed by atoms with Crippen molar-refractivity contribution in [2.24, 2.45) is 0 Å². The minimum atomic E-state index is -0.0853. The average Bonchev–Trinajstić information content (AvgIpc) is 2.99. The monoisotopic (exact) mass is 460 g/mol. The number of nitrogens with zero attached hydrogens (tertiary/aromatic N) is 1. The Bertz CT molecular complexity index is 901. The highest BCUT2D eigenvalue weighted by molar-refractivity contribution is 8.93. The molecule has 3 aromatic rings. The zero-order valence-corrected chi connectivity index (χ0v) is 17.3. The van der Waals surface area contributed by atoms with E-state index >= 15 is 0 Å². The van der Waals surface area contributed by atoms with Crippen molar-refractivity contribution in [3.8, 4) is 5.75 Å². The number of hydrogen-bond acceptors (Lipinski definition) is 5. The van der Waals surface area contributed by atoms with Crippen LogP contribution in [0, 0.1) is 0 Å².